The van der Waals surface area contributed by atoms with Crippen LogP contribution in [0.25, 0.3) is 11.1 Å². The number of halogens is 5. The van der Waals surface area contributed by atoms with Crippen LogP contribution in [0.15, 0.2) is 36.4 Å². The van der Waals surface area contributed by atoms with Crippen molar-refractivity contribution in [1.82, 2.24) is 0 Å². The van der Waals surface area contributed by atoms with Gasteiger partial charge >= 0.3 is 6.18 Å². The third kappa shape index (κ3) is 3.09. The molecule has 21 heavy (non-hydrogen) atoms. The molecule has 0 saturated carbocycles. The van der Waals surface area contributed by atoms with Gasteiger partial charge in [0.15, 0.2) is 0 Å². The van der Waals surface area contributed by atoms with Crippen molar-refractivity contribution in [2.24, 2.45) is 0 Å². The van der Waals surface area contributed by atoms with E-state index in [0.29, 0.717) is 17.7 Å². The molecule has 0 aromatic heterocycles. The van der Waals surface area contributed by atoms with Gasteiger partial charge in [-0.3, -0.25) is 4.79 Å². The van der Waals surface area contributed by atoms with Crippen LogP contribution in [-0.4, -0.2) is 12.0 Å². The Bertz CT molecular complexity index is 663. The van der Waals surface area contributed by atoms with Gasteiger partial charge in [0.25, 0.3) is 5.78 Å². The van der Waals surface area contributed by atoms with Crippen LogP contribution in [0.3, 0.4) is 0 Å². The number of carbonyl (C=O) groups is 1. The molecular formula is C15H9F5O. The maximum Gasteiger partial charge on any atom is 0.455 e. The van der Waals surface area contributed by atoms with Crippen molar-refractivity contribution in [2.75, 3.05) is 0 Å². The molecule has 0 unspecified atom stereocenters. The zero-order chi connectivity index (χ0) is 15.8. The first-order chi connectivity index (χ1) is 9.70. The second kappa shape index (κ2) is 5.27. The van der Waals surface area contributed by atoms with Crippen molar-refractivity contribution >= 4 is 5.78 Å². The maximum absolute atomic E-state index is 13.7. The Morgan fingerprint density at radius 3 is 1.81 bits per heavy atom. The van der Waals surface area contributed by atoms with Crippen LogP contribution in [0, 0.1) is 18.6 Å². The summed E-state index contributed by atoms with van der Waals surface area (Å²) in [5, 5.41) is 0. The van der Waals surface area contributed by atoms with E-state index in [4.69, 9.17) is 0 Å². The number of hydrogen-bond acceptors (Lipinski definition) is 1. The van der Waals surface area contributed by atoms with Gasteiger partial charge in [-0.05, 0) is 30.2 Å². The lowest BCUT2D eigenvalue weighted by Crippen LogP contribution is -2.25. The number of ketones is 1. The smallest absolute Gasteiger partial charge is 0.284 e. The van der Waals surface area contributed by atoms with Gasteiger partial charge in [-0.1, -0.05) is 29.8 Å². The van der Waals surface area contributed by atoms with Gasteiger partial charge in [0.05, 0.1) is 5.56 Å². The van der Waals surface area contributed by atoms with E-state index in [0.717, 1.165) is 5.56 Å². The van der Waals surface area contributed by atoms with Crippen molar-refractivity contribution < 1.29 is 26.7 Å². The fourth-order valence-corrected chi connectivity index (χ4v) is 1.84. The highest BCUT2D eigenvalue weighted by Crippen LogP contribution is 2.29. The van der Waals surface area contributed by atoms with Crippen LogP contribution in [0.1, 0.15) is 15.9 Å². The molecule has 0 aliphatic carbocycles. The second-order valence-electron chi connectivity index (χ2n) is 4.51. The number of hydrogen-bond donors (Lipinski definition) is 0. The van der Waals surface area contributed by atoms with E-state index in [1.54, 1.807) is 24.3 Å². The highest BCUT2D eigenvalue weighted by atomic mass is 19.4. The van der Waals surface area contributed by atoms with Crippen LogP contribution in [0.4, 0.5) is 22.0 Å². The van der Waals surface area contributed by atoms with Crippen molar-refractivity contribution in [3.8, 4) is 11.1 Å². The molecule has 2 aromatic rings. The zero-order valence-electron chi connectivity index (χ0n) is 10.8. The Morgan fingerprint density at radius 1 is 0.905 bits per heavy atom. The van der Waals surface area contributed by atoms with Gasteiger partial charge in [-0.2, -0.15) is 13.2 Å². The normalized spacial score (nSPS) is 11.5. The molecule has 0 atom stereocenters. The molecule has 0 saturated heterocycles. The molecule has 0 spiro atoms. The molecule has 0 aliphatic rings. The van der Waals surface area contributed by atoms with Gasteiger partial charge in [0, 0.05) is 0 Å². The molecular weight excluding hydrogens is 291 g/mol. The second-order valence-corrected chi connectivity index (χ2v) is 4.51. The quantitative estimate of drug-likeness (QED) is 0.581. The third-order valence-electron chi connectivity index (χ3n) is 2.91. The standard InChI is InChI=1S/C15H9F5O/c1-8-2-4-9(5-3-8)10-6-11(16)13(12(17)7-10)14(21)15(18,19)20/h2-7H,1H3. The summed E-state index contributed by atoms with van der Waals surface area (Å²) in [6.07, 6.45) is -5.33. The molecule has 0 heterocycles. The molecule has 0 radical (unpaired) electrons. The van der Waals surface area contributed by atoms with Crippen LogP contribution >= 0.6 is 0 Å². The van der Waals surface area contributed by atoms with E-state index in [2.05, 4.69) is 0 Å². The highest BCUT2D eigenvalue weighted by molar-refractivity contribution is 6.01. The Labute approximate surface area is 117 Å². The third-order valence-corrected chi connectivity index (χ3v) is 2.91. The largest absolute Gasteiger partial charge is 0.455 e. The first kappa shape index (κ1) is 15.2. The van der Waals surface area contributed by atoms with Crippen LogP contribution in [-0.2, 0) is 0 Å². The van der Waals surface area contributed by atoms with E-state index in [-0.39, 0.29) is 5.56 Å². The van der Waals surface area contributed by atoms with E-state index in [1.165, 1.54) is 0 Å². The van der Waals surface area contributed by atoms with Gasteiger partial charge in [0.2, 0.25) is 0 Å². The Morgan fingerprint density at radius 2 is 1.38 bits per heavy atom. The van der Waals surface area contributed by atoms with Crippen LogP contribution < -0.4 is 0 Å². The monoisotopic (exact) mass is 300 g/mol. The molecule has 6 heteroatoms. The fraction of sp³-hybridized carbons (Fsp3) is 0.133. The number of alkyl halides is 3. The van der Waals surface area contributed by atoms with Crippen LogP contribution in [0.5, 0.6) is 0 Å². The van der Waals surface area contributed by atoms with Gasteiger partial charge in [0.1, 0.15) is 11.6 Å². The van der Waals surface area contributed by atoms with Gasteiger partial charge in [-0.15, -0.1) is 0 Å². The van der Waals surface area contributed by atoms with Gasteiger partial charge < -0.3 is 0 Å². The lowest BCUT2D eigenvalue weighted by molar-refractivity contribution is -0.0890. The number of benzene rings is 2. The summed E-state index contributed by atoms with van der Waals surface area (Å²) in [6, 6.07) is 7.98. The average molecular weight is 300 g/mol. The number of aryl methyl sites for hydroxylation is 1. The van der Waals surface area contributed by atoms with E-state index >= 15 is 0 Å². The molecule has 0 aliphatic heterocycles. The minimum absolute atomic E-state index is 0.0590. The molecule has 0 amide bonds. The summed E-state index contributed by atoms with van der Waals surface area (Å²) < 4.78 is 64.2. The summed E-state index contributed by atoms with van der Waals surface area (Å²) in [4.78, 5) is 11.0. The van der Waals surface area contributed by atoms with E-state index in [1.807, 2.05) is 6.92 Å². The minimum Gasteiger partial charge on any atom is -0.284 e. The molecule has 1 nitrogen and oxygen atoms in total. The molecule has 2 rings (SSSR count). The number of Topliss-reactive ketones (excluding diaryl/α,β-unsaturated/α-hetero) is 1. The van der Waals surface area contributed by atoms with Crippen molar-refractivity contribution in [3.05, 3.63) is 59.2 Å². The van der Waals surface area contributed by atoms with E-state index in [9.17, 15) is 26.7 Å². The lowest BCUT2D eigenvalue weighted by atomic mass is 10.00. The predicted octanol–water partition coefficient (Wildman–Crippen LogP) is 4.69. The topological polar surface area (TPSA) is 17.1 Å². The van der Waals surface area contributed by atoms with Crippen LogP contribution in [0.2, 0.25) is 0 Å². The summed E-state index contributed by atoms with van der Waals surface area (Å²) in [7, 11) is 0. The molecule has 0 bridgehead atoms. The zero-order valence-corrected chi connectivity index (χ0v) is 10.8. The average Bonchev–Trinajstić information content (AvgIpc) is 2.37. The summed E-state index contributed by atoms with van der Waals surface area (Å²) in [6.45, 7) is 1.82. The van der Waals surface area contributed by atoms with Gasteiger partial charge in [-0.25, -0.2) is 8.78 Å². The van der Waals surface area contributed by atoms with E-state index < -0.39 is 29.2 Å². The summed E-state index contributed by atoms with van der Waals surface area (Å²) in [5.41, 5.74) is -0.171. The molecule has 0 fully saturated rings. The summed E-state index contributed by atoms with van der Waals surface area (Å²) >= 11 is 0. The minimum atomic E-state index is -5.33. The highest BCUT2D eigenvalue weighted by Gasteiger charge is 2.42. The maximum atomic E-state index is 13.7. The van der Waals surface area contributed by atoms with Crippen molar-refractivity contribution in [2.45, 2.75) is 13.1 Å². The molecule has 0 N–H and O–H groups in total. The van der Waals surface area contributed by atoms with Crippen molar-refractivity contribution in [3.63, 3.8) is 0 Å². The first-order valence-corrected chi connectivity index (χ1v) is 5.88. The molecule has 2 aromatic carbocycles. The fourth-order valence-electron chi connectivity index (χ4n) is 1.84. The number of carbonyl (C=O) groups excluding carboxylic acids is 1. The SMILES string of the molecule is Cc1ccc(-c2cc(F)c(C(=O)C(F)(F)F)c(F)c2)cc1. The Balaban J connectivity index is 2.51. The summed E-state index contributed by atoms with van der Waals surface area (Å²) in [5.74, 6) is -5.60. The molecule has 110 valence electrons. The number of rotatable bonds is 2. The Hall–Kier alpha value is -2.24. The predicted molar refractivity (Wildman–Crippen MR) is 66.9 cm³/mol. The first-order valence-electron chi connectivity index (χ1n) is 5.88. The van der Waals surface area contributed by atoms with Crippen molar-refractivity contribution in [1.29, 1.82) is 0 Å². The Kier molecular flexibility index (Phi) is 3.80. The lowest BCUT2D eigenvalue weighted by Gasteiger charge is -2.10.